The largest absolute Gasteiger partial charge is 0.346 e. The van der Waals surface area contributed by atoms with Gasteiger partial charge in [-0.25, -0.2) is 4.98 Å². The van der Waals surface area contributed by atoms with Crippen molar-refractivity contribution in [3.05, 3.63) is 23.9 Å². The third-order valence-electron chi connectivity index (χ3n) is 2.28. The molecule has 0 saturated heterocycles. The van der Waals surface area contributed by atoms with Crippen LogP contribution in [0.4, 0.5) is 5.82 Å². The first-order chi connectivity index (χ1) is 7.19. The van der Waals surface area contributed by atoms with Gasteiger partial charge in [-0.3, -0.25) is 0 Å². The standard InChI is InChI=1S/C12H17N3/c1-4-8-15(5-2)12-9-11(10(3)13)6-7-14-12/h1,6-7,9-10H,5,8,13H2,2-3H3. The minimum atomic E-state index is 0.0243. The average molecular weight is 203 g/mol. The van der Waals surface area contributed by atoms with Crippen LogP contribution in [0, 0.1) is 12.3 Å². The average Bonchev–Trinajstić information content (AvgIpc) is 2.26. The van der Waals surface area contributed by atoms with Crippen molar-refractivity contribution >= 4 is 5.82 Å². The molecule has 0 aromatic carbocycles. The molecular weight excluding hydrogens is 186 g/mol. The highest BCUT2D eigenvalue weighted by molar-refractivity contribution is 5.42. The van der Waals surface area contributed by atoms with Crippen LogP contribution in [-0.2, 0) is 0 Å². The molecule has 1 unspecified atom stereocenters. The number of hydrogen-bond donors (Lipinski definition) is 1. The number of rotatable bonds is 4. The van der Waals surface area contributed by atoms with Crippen molar-refractivity contribution in [1.82, 2.24) is 4.98 Å². The lowest BCUT2D eigenvalue weighted by Gasteiger charge is -2.20. The van der Waals surface area contributed by atoms with Crippen molar-refractivity contribution in [3.63, 3.8) is 0 Å². The summed E-state index contributed by atoms with van der Waals surface area (Å²) in [5.74, 6) is 3.51. The van der Waals surface area contributed by atoms with Crippen molar-refractivity contribution in [2.24, 2.45) is 5.73 Å². The summed E-state index contributed by atoms with van der Waals surface area (Å²) in [6.45, 7) is 5.43. The molecule has 0 aliphatic rings. The second-order valence-electron chi connectivity index (χ2n) is 3.45. The summed E-state index contributed by atoms with van der Waals surface area (Å²) in [7, 11) is 0. The molecule has 2 N–H and O–H groups in total. The molecule has 1 heterocycles. The molecule has 0 amide bonds. The quantitative estimate of drug-likeness (QED) is 0.755. The molecule has 3 nitrogen and oxygen atoms in total. The highest BCUT2D eigenvalue weighted by Gasteiger charge is 2.06. The Balaban J connectivity index is 2.93. The lowest BCUT2D eigenvalue weighted by molar-refractivity contribution is 0.808. The van der Waals surface area contributed by atoms with Gasteiger partial charge in [0.2, 0.25) is 0 Å². The number of pyridine rings is 1. The van der Waals surface area contributed by atoms with Gasteiger partial charge in [0.15, 0.2) is 0 Å². The predicted octanol–water partition coefficient (Wildman–Crippen LogP) is 1.56. The smallest absolute Gasteiger partial charge is 0.129 e. The van der Waals surface area contributed by atoms with Crippen LogP contribution in [0.3, 0.4) is 0 Å². The van der Waals surface area contributed by atoms with Gasteiger partial charge in [-0.2, -0.15) is 0 Å². The monoisotopic (exact) mass is 203 g/mol. The van der Waals surface area contributed by atoms with Crippen molar-refractivity contribution in [2.75, 3.05) is 18.0 Å². The van der Waals surface area contributed by atoms with Gasteiger partial charge in [-0.05, 0) is 31.5 Å². The summed E-state index contributed by atoms with van der Waals surface area (Å²) in [4.78, 5) is 6.32. The van der Waals surface area contributed by atoms with Gasteiger partial charge in [-0.1, -0.05) is 5.92 Å². The van der Waals surface area contributed by atoms with Crippen LogP contribution in [0.2, 0.25) is 0 Å². The Morgan fingerprint density at radius 1 is 1.67 bits per heavy atom. The molecule has 1 rings (SSSR count). The van der Waals surface area contributed by atoms with Gasteiger partial charge in [-0.15, -0.1) is 6.42 Å². The fourth-order valence-corrected chi connectivity index (χ4v) is 1.36. The van der Waals surface area contributed by atoms with E-state index in [2.05, 4.69) is 17.8 Å². The topological polar surface area (TPSA) is 42.1 Å². The Labute approximate surface area is 91.3 Å². The molecule has 1 atom stereocenters. The van der Waals surface area contributed by atoms with Crippen LogP contribution < -0.4 is 10.6 Å². The molecule has 1 aromatic rings. The van der Waals surface area contributed by atoms with E-state index in [-0.39, 0.29) is 6.04 Å². The Kier molecular flexibility index (Phi) is 4.14. The van der Waals surface area contributed by atoms with E-state index in [1.165, 1.54) is 0 Å². The molecule has 80 valence electrons. The van der Waals surface area contributed by atoms with E-state index in [9.17, 15) is 0 Å². The Morgan fingerprint density at radius 2 is 2.40 bits per heavy atom. The summed E-state index contributed by atoms with van der Waals surface area (Å²) in [5, 5.41) is 0. The third kappa shape index (κ3) is 2.97. The summed E-state index contributed by atoms with van der Waals surface area (Å²) < 4.78 is 0. The normalized spacial score (nSPS) is 11.9. The Hall–Kier alpha value is -1.53. The zero-order chi connectivity index (χ0) is 11.3. The van der Waals surface area contributed by atoms with Crippen LogP contribution in [0.1, 0.15) is 25.5 Å². The van der Waals surface area contributed by atoms with E-state index < -0.39 is 0 Å². The highest BCUT2D eigenvalue weighted by atomic mass is 15.2. The lowest BCUT2D eigenvalue weighted by atomic mass is 10.1. The fourth-order valence-electron chi connectivity index (χ4n) is 1.36. The number of aromatic nitrogens is 1. The third-order valence-corrected chi connectivity index (χ3v) is 2.28. The van der Waals surface area contributed by atoms with Crippen molar-refractivity contribution in [1.29, 1.82) is 0 Å². The van der Waals surface area contributed by atoms with E-state index in [4.69, 9.17) is 12.2 Å². The first kappa shape index (κ1) is 11.5. The van der Waals surface area contributed by atoms with E-state index in [1.54, 1.807) is 6.20 Å². The van der Waals surface area contributed by atoms with Crippen molar-refractivity contribution < 1.29 is 0 Å². The first-order valence-electron chi connectivity index (χ1n) is 5.09. The van der Waals surface area contributed by atoms with Crippen LogP contribution in [0.15, 0.2) is 18.3 Å². The molecule has 0 fully saturated rings. The lowest BCUT2D eigenvalue weighted by Crippen LogP contribution is -2.24. The molecule has 0 aliphatic carbocycles. The minimum absolute atomic E-state index is 0.0243. The zero-order valence-electron chi connectivity index (χ0n) is 9.27. The molecule has 1 aromatic heterocycles. The highest BCUT2D eigenvalue weighted by Crippen LogP contribution is 2.16. The van der Waals surface area contributed by atoms with E-state index in [0.717, 1.165) is 17.9 Å². The van der Waals surface area contributed by atoms with Crippen LogP contribution in [0.25, 0.3) is 0 Å². The first-order valence-corrected chi connectivity index (χ1v) is 5.09. The summed E-state index contributed by atoms with van der Waals surface area (Å²) in [6, 6.07) is 3.94. The van der Waals surface area contributed by atoms with Crippen LogP contribution >= 0.6 is 0 Å². The number of nitrogens with zero attached hydrogens (tertiary/aromatic N) is 2. The summed E-state index contributed by atoms with van der Waals surface area (Å²) in [6.07, 6.45) is 7.07. The van der Waals surface area contributed by atoms with Gasteiger partial charge in [0.05, 0.1) is 6.54 Å². The number of terminal acetylenes is 1. The van der Waals surface area contributed by atoms with Crippen molar-refractivity contribution in [3.8, 4) is 12.3 Å². The maximum absolute atomic E-state index is 5.81. The maximum atomic E-state index is 5.81. The molecular formula is C12H17N3. The zero-order valence-corrected chi connectivity index (χ0v) is 9.27. The molecule has 3 heteroatoms. The Morgan fingerprint density at radius 3 is 2.93 bits per heavy atom. The second kappa shape index (κ2) is 5.38. The van der Waals surface area contributed by atoms with Gasteiger partial charge in [0.1, 0.15) is 5.82 Å². The van der Waals surface area contributed by atoms with Gasteiger partial charge < -0.3 is 10.6 Å². The predicted molar refractivity (Wildman–Crippen MR) is 63.6 cm³/mol. The Bertz CT molecular complexity index is 352. The van der Waals surface area contributed by atoms with Gasteiger partial charge in [0.25, 0.3) is 0 Å². The second-order valence-corrected chi connectivity index (χ2v) is 3.45. The number of nitrogens with two attached hydrogens (primary N) is 1. The van der Waals surface area contributed by atoms with Gasteiger partial charge in [0, 0.05) is 18.8 Å². The molecule has 15 heavy (non-hydrogen) atoms. The van der Waals surface area contributed by atoms with E-state index in [0.29, 0.717) is 6.54 Å². The fraction of sp³-hybridized carbons (Fsp3) is 0.417. The summed E-state index contributed by atoms with van der Waals surface area (Å²) >= 11 is 0. The van der Waals surface area contributed by atoms with Crippen LogP contribution in [-0.4, -0.2) is 18.1 Å². The van der Waals surface area contributed by atoms with Gasteiger partial charge >= 0.3 is 0 Å². The van der Waals surface area contributed by atoms with Crippen LogP contribution in [0.5, 0.6) is 0 Å². The number of hydrogen-bond acceptors (Lipinski definition) is 3. The SMILES string of the molecule is C#CCN(CC)c1cc(C(C)N)ccn1. The molecule has 0 aliphatic heterocycles. The van der Waals surface area contributed by atoms with Crippen molar-refractivity contribution in [2.45, 2.75) is 19.9 Å². The van der Waals surface area contributed by atoms with E-state index >= 15 is 0 Å². The molecule has 0 bridgehead atoms. The molecule has 0 radical (unpaired) electrons. The maximum Gasteiger partial charge on any atom is 0.129 e. The molecule has 0 saturated carbocycles. The molecule has 0 spiro atoms. The number of anilines is 1. The summed E-state index contributed by atoms with van der Waals surface area (Å²) in [5.41, 5.74) is 6.89. The minimum Gasteiger partial charge on any atom is -0.346 e. The van der Waals surface area contributed by atoms with E-state index in [1.807, 2.05) is 24.0 Å².